The van der Waals surface area contributed by atoms with E-state index in [4.69, 9.17) is 10.5 Å². The Morgan fingerprint density at radius 2 is 1.72 bits per heavy atom. The molecule has 7 heteroatoms. The van der Waals surface area contributed by atoms with E-state index < -0.39 is 18.0 Å². The number of aromatic hydroxyl groups is 1. The molecule has 0 aliphatic heterocycles. The number of benzene rings is 2. The molecule has 0 unspecified atom stereocenters. The fourth-order valence-corrected chi connectivity index (χ4v) is 3.00. The summed E-state index contributed by atoms with van der Waals surface area (Å²) in [6.07, 6.45) is 0.322. The zero-order valence-electron chi connectivity index (χ0n) is 17.1. The van der Waals surface area contributed by atoms with Crippen LogP contribution < -0.4 is 21.1 Å². The van der Waals surface area contributed by atoms with Gasteiger partial charge in [-0.2, -0.15) is 0 Å². The number of nitrogens with two attached hydrogens (primary N) is 1. The predicted molar refractivity (Wildman–Crippen MR) is 112 cm³/mol. The molecule has 0 spiro atoms. The lowest BCUT2D eigenvalue weighted by Gasteiger charge is -2.19. The van der Waals surface area contributed by atoms with E-state index in [-0.39, 0.29) is 11.7 Å². The highest BCUT2D eigenvalue weighted by atomic mass is 16.5. The molecule has 2 rings (SSSR count). The summed E-state index contributed by atoms with van der Waals surface area (Å²) in [6, 6.07) is 11.1. The zero-order valence-corrected chi connectivity index (χ0v) is 17.1. The van der Waals surface area contributed by atoms with Crippen molar-refractivity contribution in [2.75, 3.05) is 13.2 Å². The molecule has 0 aliphatic rings. The number of nitrogens with one attached hydrogen (secondary N) is 2. The van der Waals surface area contributed by atoms with Crippen molar-refractivity contribution in [2.45, 2.75) is 39.3 Å². The van der Waals surface area contributed by atoms with Crippen molar-refractivity contribution in [3.8, 4) is 11.5 Å². The Hall–Kier alpha value is -3.06. The summed E-state index contributed by atoms with van der Waals surface area (Å²) in [5, 5.41) is 15.0. The van der Waals surface area contributed by atoms with Crippen LogP contribution in [0, 0.1) is 13.8 Å². The fraction of sp³-hybridized carbons (Fsp3) is 0.364. The summed E-state index contributed by atoms with van der Waals surface area (Å²) >= 11 is 0. The summed E-state index contributed by atoms with van der Waals surface area (Å²) < 4.78 is 5.51. The molecular weight excluding hydrogens is 370 g/mol. The number of hydrogen-bond acceptors (Lipinski definition) is 5. The van der Waals surface area contributed by atoms with Crippen LogP contribution in [0.5, 0.6) is 11.5 Å². The van der Waals surface area contributed by atoms with Crippen molar-refractivity contribution in [3.63, 3.8) is 0 Å². The van der Waals surface area contributed by atoms with Crippen molar-refractivity contribution in [3.05, 3.63) is 59.2 Å². The number of carbonyl (C=O) groups excluding carboxylic acids is 2. The molecule has 0 bridgehead atoms. The number of para-hydroxylation sites is 1. The Morgan fingerprint density at radius 3 is 2.34 bits per heavy atom. The van der Waals surface area contributed by atoms with Crippen LogP contribution in [0.25, 0.3) is 0 Å². The SMILES string of the molecule is Cc1cc(O)cc(C)c1C[C@H](N)C(=O)N[C@H](C)C(=O)NCCOc1ccccc1. The van der Waals surface area contributed by atoms with Gasteiger partial charge in [-0.15, -0.1) is 0 Å². The number of aryl methyl sites for hydroxylation is 2. The van der Waals surface area contributed by atoms with Crippen LogP contribution in [0.1, 0.15) is 23.6 Å². The number of phenols is 1. The van der Waals surface area contributed by atoms with E-state index in [1.165, 1.54) is 0 Å². The fourth-order valence-electron chi connectivity index (χ4n) is 3.00. The Labute approximate surface area is 171 Å². The van der Waals surface area contributed by atoms with Crippen LogP contribution in [0.15, 0.2) is 42.5 Å². The Morgan fingerprint density at radius 1 is 1.10 bits per heavy atom. The summed E-state index contributed by atoms with van der Waals surface area (Å²) in [7, 11) is 0. The van der Waals surface area contributed by atoms with Crippen LogP contribution in [-0.2, 0) is 16.0 Å². The number of phenolic OH excluding ortho intramolecular Hbond substituents is 1. The normalized spacial score (nSPS) is 12.7. The third-order valence-corrected chi connectivity index (χ3v) is 4.61. The molecule has 5 N–H and O–H groups in total. The van der Waals surface area contributed by atoms with E-state index >= 15 is 0 Å². The van der Waals surface area contributed by atoms with Crippen molar-refractivity contribution < 1.29 is 19.4 Å². The lowest BCUT2D eigenvalue weighted by molar-refractivity contribution is -0.129. The van der Waals surface area contributed by atoms with Gasteiger partial charge in [-0.1, -0.05) is 18.2 Å². The molecule has 0 fully saturated rings. The van der Waals surface area contributed by atoms with Gasteiger partial charge in [-0.05, 0) is 68.1 Å². The molecule has 0 saturated carbocycles. The van der Waals surface area contributed by atoms with Gasteiger partial charge in [0, 0.05) is 0 Å². The first-order valence-electron chi connectivity index (χ1n) is 9.58. The molecule has 0 saturated heterocycles. The van der Waals surface area contributed by atoms with Gasteiger partial charge >= 0.3 is 0 Å². The van der Waals surface area contributed by atoms with E-state index in [1.807, 2.05) is 44.2 Å². The van der Waals surface area contributed by atoms with Gasteiger partial charge in [-0.3, -0.25) is 9.59 Å². The van der Waals surface area contributed by atoms with Crippen LogP contribution in [0.4, 0.5) is 0 Å². The van der Waals surface area contributed by atoms with Crippen molar-refractivity contribution in [1.82, 2.24) is 10.6 Å². The molecule has 0 aromatic heterocycles. The molecule has 2 aromatic rings. The summed E-state index contributed by atoms with van der Waals surface area (Å²) in [4.78, 5) is 24.5. The minimum absolute atomic E-state index is 0.184. The molecular formula is C22H29N3O4. The number of rotatable bonds is 9. The quantitative estimate of drug-likeness (QED) is 0.478. The first-order valence-corrected chi connectivity index (χ1v) is 9.58. The van der Waals surface area contributed by atoms with E-state index in [1.54, 1.807) is 19.1 Å². The lowest BCUT2D eigenvalue weighted by Crippen LogP contribution is -2.51. The van der Waals surface area contributed by atoms with Gasteiger partial charge in [0.1, 0.15) is 24.1 Å². The van der Waals surface area contributed by atoms with Crippen LogP contribution in [0.3, 0.4) is 0 Å². The molecule has 0 radical (unpaired) electrons. The van der Waals surface area contributed by atoms with Crippen molar-refractivity contribution in [2.24, 2.45) is 5.73 Å². The maximum atomic E-state index is 12.4. The highest BCUT2D eigenvalue weighted by molar-refractivity contribution is 5.89. The highest BCUT2D eigenvalue weighted by Gasteiger charge is 2.21. The highest BCUT2D eigenvalue weighted by Crippen LogP contribution is 2.21. The summed E-state index contributed by atoms with van der Waals surface area (Å²) in [6.45, 7) is 5.98. The second-order valence-corrected chi connectivity index (χ2v) is 7.05. The van der Waals surface area contributed by atoms with Gasteiger partial charge < -0.3 is 26.2 Å². The molecule has 2 aromatic carbocycles. The van der Waals surface area contributed by atoms with Gasteiger partial charge in [0.15, 0.2) is 0 Å². The third kappa shape index (κ3) is 6.80. The van der Waals surface area contributed by atoms with Gasteiger partial charge in [-0.25, -0.2) is 0 Å². The van der Waals surface area contributed by atoms with Crippen LogP contribution >= 0.6 is 0 Å². The largest absolute Gasteiger partial charge is 0.508 e. The van der Waals surface area contributed by atoms with Gasteiger partial charge in [0.2, 0.25) is 11.8 Å². The van der Waals surface area contributed by atoms with Gasteiger partial charge in [0.05, 0.1) is 12.6 Å². The van der Waals surface area contributed by atoms with Crippen LogP contribution in [-0.4, -0.2) is 42.2 Å². The predicted octanol–water partition coefficient (Wildman–Crippen LogP) is 1.58. The van der Waals surface area contributed by atoms with Crippen molar-refractivity contribution >= 4 is 11.8 Å². The maximum absolute atomic E-state index is 12.4. The topological polar surface area (TPSA) is 114 Å². The Kier molecular flexibility index (Phi) is 8.03. The van der Waals surface area contributed by atoms with E-state index in [2.05, 4.69) is 10.6 Å². The molecule has 0 heterocycles. The van der Waals surface area contributed by atoms with E-state index in [0.717, 1.165) is 22.4 Å². The van der Waals surface area contributed by atoms with E-state index in [0.29, 0.717) is 19.6 Å². The van der Waals surface area contributed by atoms with Gasteiger partial charge in [0.25, 0.3) is 0 Å². The maximum Gasteiger partial charge on any atom is 0.242 e. The number of hydrogen-bond donors (Lipinski definition) is 4. The van der Waals surface area contributed by atoms with E-state index in [9.17, 15) is 14.7 Å². The molecule has 0 aliphatic carbocycles. The monoisotopic (exact) mass is 399 g/mol. The lowest BCUT2D eigenvalue weighted by atomic mass is 9.96. The standard InChI is InChI=1S/C22H29N3O4/c1-14-11-17(26)12-15(2)19(14)13-20(23)22(28)25-16(3)21(27)24-9-10-29-18-7-5-4-6-8-18/h4-8,11-12,16,20,26H,9-10,13,23H2,1-3H3,(H,24,27)(H,25,28)/t16-,20+/m1/s1. The second kappa shape index (κ2) is 10.5. The first-order chi connectivity index (χ1) is 13.8. The second-order valence-electron chi connectivity index (χ2n) is 7.05. The van der Waals surface area contributed by atoms with Crippen molar-refractivity contribution in [1.29, 1.82) is 0 Å². The number of carbonyl (C=O) groups is 2. The molecule has 156 valence electrons. The average molecular weight is 399 g/mol. The van der Waals surface area contributed by atoms with Crippen LogP contribution in [0.2, 0.25) is 0 Å². The summed E-state index contributed by atoms with van der Waals surface area (Å²) in [5.74, 6) is 0.205. The number of amides is 2. The molecule has 2 atom stereocenters. The average Bonchev–Trinajstić information content (AvgIpc) is 2.68. The summed E-state index contributed by atoms with van der Waals surface area (Å²) in [5.41, 5.74) is 8.69. The first kappa shape index (κ1) is 22.2. The zero-order chi connectivity index (χ0) is 21.4. The molecule has 2 amide bonds. The Balaban J connectivity index is 1.77. The Bertz CT molecular complexity index is 816. The minimum Gasteiger partial charge on any atom is -0.508 e. The smallest absolute Gasteiger partial charge is 0.242 e. The molecule has 7 nitrogen and oxygen atoms in total. The third-order valence-electron chi connectivity index (χ3n) is 4.61. The number of ether oxygens (including phenoxy) is 1. The molecule has 29 heavy (non-hydrogen) atoms. The minimum atomic E-state index is -0.798.